The fourth-order valence-electron chi connectivity index (χ4n) is 2.79. The van der Waals surface area contributed by atoms with E-state index in [0.29, 0.717) is 18.8 Å². The van der Waals surface area contributed by atoms with Gasteiger partial charge in [-0.1, -0.05) is 12.1 Å². The van der Waals surface area contributed by atoms with Crippen molar-refractivity contribution in [2.75, 3.05) is 46.0 Å². The summed E-state index contributed by atoms with van der Waals surface area (Å²) in [5.41, 5.74) is 6.70. The molecule has 0 saturated heterocycles. The first-order valence-electron chi connectivity index (χ1n) is 9.99. The molecule has 29 heavy (non-hydrogen) atoms. The minimum absolute atomic E-state index is 0.0413. The van der Waals surface area contributed by atoms with E-state index in [-0.39, 0.29) is 19.7 Å². The Morgan fingerprint density at radius 3 is 1.86 bits per heavy atom. The van der Waals surface area contributed by atoms with E-state index < -0.39 is 37.6 Å². The molecule has 0 amide bonds. The molecule has 1 aromatic carbocycles. The summed E-state index contributed by atoms with van der Waals surface area (Å²) >= 11 is 0. The Labute approximate surface area is 172 Å². The summed E-state index contributed by atoms with van der Waals surface area (Å²) in [7, 11) is 0. The van der Waals surface area contributed by atoms with Crippen LogP contribution in [0.15, 0.2) is 24.3 Å². The number of aliphatic hydroxyl groups excluding tert-OH is 6. The molecule has 1 aromatic rings. The quantitative estimate of drug-likeness (QED) is 0.152. The van der Waals surface area contributed by atoms with Crippen LogP contribution in [0.1, 0.15) is 18.4 Å². The Balaban J connectivity index is 2.55. The maximum absolute atomic E-state index is 9.94. The molecule has 0 fully saturated rings. The van der Waals surface area contributed by atoms with Crippen LogP contribution in [0, 0.1) is 0 Å². The first-order chi connectivity index (χ1) is 13.9. The van der Waals surface area contributed by atoms with Crippen molar-refractivity contribution in [1.82, 2.24) is 4.90 Å². The Kier molecular flexibility index (Phi) is 13.0. The standard InChI is InChI=1S/C20H36N2O7/c21-8-2-1-3-15-4-6-16(7-5-15)29-10-9-22(11-17(25)19(27)13-23)12-18(26)20(28)14-24/h4-7,17-20,23-28H,1-3,8-14,21H2/t17-,18-,19?,20?/m0/s1. The summed E-state index contributed by atoms with van der Waals surface area (Å²) in [6, 6.07) is 7.73. The van der Waals surface area contributed by atoms with E-state index in [9.17, 15) is 20.4 Å². The Morgan fingerprint density at radius 1 is 0.828 bits per heavy atom. The SMILES string of the molecule is NCCCCc1ccc(OCCN(C[C@H](O)C(O)CO)C[C@H](O)C(O)CO)cc1. The van der Waals surface area contributed by atoms with Crippen LogP contribution < -0.4 is 10.5 Å². The molecule has 8 N–H and O–H groups in total. The molecule has 0 spiro atoms. The molecule has 2 unspecified atom stereocenters. The van der Waals surface area contributed by atoms with Crippen LogP contribution in [0.3, 0.4) is 0 Å². The van der Waals surface area contributed by atoms with Crippen LogP contribution in [-0.4, -0.2) is 106 Å². The number of rotatable bonds is 16. The van der Waals surface area contributed by atoms with E-state index in [0.717, 1.165) is 19.3 Å². The third-order valence-electron chi connectivity index (χ3n) is 4.67. The molecule has 9 nitrogen and oxygen atoms in total. The van der Waals surface area contributed by atoms with Gasteiger partial charge in [-0.05, 0) is 43.5 Å². The van der Waals surface area contributed by atoms with Crippen molar-refractivity contribution in [3.8, 4) is 5.75 Å². The molecule has 0 aliphatic heterocycles. The minimum atomic E-state index is -1.31. The molecule has 0 aromatic heterocycles. The molecule has 168 valence electrons. The van der Waals surface area contributed by atoms with Gasteiger partial charge in [0.25, 0.3) is 0 Å². The van der Waals surface area contributed by atoms with Gasteiger partial charge in [-0.25, -0.2) is 0 Å². The normalized spacial score (nSPS) is 15.9. The number of aryl methyl sites for hydroxylation is 1. The zero-order chi connectivity index (χ0) is 21.6. The molecule has 4 atom stereocenters. The highest BCUT2D eigenvalue weighted by Crippen LogP contribution is 2.14. The lowest BCUT2D eigenvalue weighted by Crippen LogP contribution is -2.47. The lowest BCUT2D eigenvalue weighted by atomic mass is 10.1. The van der Waals surface area contributed by atoms with Crippen molar-refractivity contribution < 1.29 is 35.4 Å². The minimum Gasteiger partial charge on any atom is -0.492 e. The topological polar surface area (TPSA) is 160 Å². The second kappa shape index (κ2) is 14.6. The van der Waals surface area contributed by atoms with Gasteiger partial charge >= 0.3 is 0 Å². The molecule has 0 heterocycles. The zero-order valence-electron chi connectivity index (χ0n) is 16.8. The number of unbranched alkanes of at least 4 members (excludes halogenated alkanes) is 1. The van der Waals surface area contributed by atoms with E-state index >= 15 is 0 Å². The monoisotopic (exact) mass is 416 g/mol. The van der Waals surface area contributed by atoms with Gasteiger partial charge in [0.2, 0.25) is 0 Å². The summed E-state index contributed by atoms with van der Waals surface area (Å²) < 4.78 is 5.71. The second-order valence-corrected chi connectivity index (χ2v) is 7.13. The van der Waals surface area contributed by atoms with Crippen LogP contribution in [0.4, 0.5) is 0 Å². The fourth-order valence-corrected chi connectivity index (χ4v) is 2.79. The van der Waals surface area contributed by atoms with E-state index in [4.69, 9.17) is 20.7 Å². The van der Waals surface area contributed by atoms with Gasteiger partial charge in [0.05, 0.1) is 25.4 Å². The van der Waals surface area contributed by atoms with E-state index in [1.54, 1.807) is 4.90 Å². The number of ether oxygens (including phenoxy) is 1. The van der Waals surface area contributed by atoms with Gasteiger partial charge in [0, 0.05) is 19.6 Å². The van der Waals surface area contributed by atoms with Crippen molar-refractivity contribution in [3.05, 3.63) is 29.8 Å². The summed E-state index contributed by atoms with van der Waals surface area (Å²) in [5, 5.41) is 56.9. The Hall–Kier alpha value is -1.30. The molecule has 0 radical (unpaired) electrons. The molecule has 9 heteroatoms. The molecular formula is C20H36N2O7. The number of nitrogens with zero attached hydrogens (tertiary/aromatic N) is 1. The van der Waals surface area contributed by atoms with Gasteiger partial charge < -0.3 is 41.1 Å². The number of nitrogens with two attached hydrogens (primary N) is 1. The predicted molar refractivity (Wildman–Crippen MR) is 109 cm³/mol. The van der Waals surface area contributed by atoms with Gasteiger partial charge in [-0.2, -0.15) is 0 Å². The highest BCUT2D eigenvalue weighted by atomic mass is 16.5. The first kappa shape index (κ1) is 25.7. The number of benzene rings is 1. The smallest absolute Gasteiger partial charge is 0.119 e. The highest BCUT2D eigenvalue weighted by molar-refractivity contribution is 5.27. The van der Waals surface area contributed by atoms with E-state index in [1.807, 2.05) is 24.3 Å². The Morgan fingerprint density at radius 2 is 1.38 bits per heavy atom. The van der Waals surface area contributed by atoms with Crippen molar-refractivity contribution in [1.29, 1.82) is 0 Å². The van der Waals surface area contributed by atoms with Gasteiger partial charge in [-0.3, -0.25) is 4.90 Å². The molecule has 0 aliphatic rings. The van der Waals surface area contributed by atoms with Crippen LogP contribution in [0.25, 0.3) is 0 Å². The summed E-state index contributed by atoms with van der Waals surface area (Å²) in [5.74, 6) is 0.680. The number of hydrogen-bond donors (Lipinski definition) is 7. The van der Waals surface area contributed by atoms with E-state index in [1.165, 1.54) is 5.56 Å². The molecule has 1 rings (SSSR count). The maximum Gasteiger partial charge on any atom is 0.119 e. The van der Waals surface area contributed by atoms with Crippen molar-refractivity contribution >= 4 is 0 Å². The number of aliphatic hydroxyl groups is 6. The molecular weight excluding hydrogens is 380 g/mol. The first-order valence-corrected chi connectivity index (χ1v) is 9.99. The third kappa shape index (κ3) is 10.3. The van der Waals surface area contributed by atoms with Crippen molar-refractivity contribution in [2.24, 2.45) is 5.73 Å². The predicted octanol–water partition coefficient (Wildman–Crippen LogP) is -1.92. The molecule has 0 bridgehead atoms. The maximum atomic E-state index is 9.94. The zero-order valence-corrected chi connectivity index (χ0v) is 16.8. The van der Waals surface area contributed by atoms with Crippen LogP contribution in [-0.2, 0) is 6.42 Å². The molecule has 0 aliphatic carbocycles. The van der Waals surface area contributed by atoms with E-state index in [2.05, 4.69) is 0 Å². The van der Waals surface area contributed by atoms with Crippen LogP contribution in [0.5, 0.6) is 5.75 Å². The van der Waals surface area contributed by atoms with Gasteiger partial charge in [0.15, 0.2) is 0 Å². The lowest BCUT2D eigenvalue weighted by Gasteiger charge is -2.29. The third-order valence-corrected chi connectivity index (χ3v) is 4.67. The van der Waals surface area contributed by atoms with Crippen molar-refractivity contribution in [2.45, 2.75) is 43.7 Å². The molecule has 0 saturated carbocycles. The largest absolute Gasteiger partial charge is 0.492 e. The van der Waals surface area contributed by atoms with Gasteiger partial charge in [0.1, 0.15) is 24.6 Å². The van der Waals surface area contributed by atoms with Crippen LogP contribution in [0.2, 0.25) is 0 Å². The summed E-state index contributed by atoms with van der Waals surface area (Å²) in [4.78, 5) is 1.59. The number of hydrogen-bond acceptors (Lipinski definition) is 9. The Bertz CT molecular complexity index is 514. The highest BCUT2D eigenvalue weighted by Gasteiger charge is 2.23. The van der Waals surface area contributed by atoms with Crippen LogP contribution >= 0.6 is 0 Å². The summed E-state index contributed by atoms with van der Waals surface area (Å²) in [6.45, 7) is -0.0402. The average Bonchev–Trinajstić information content (AvgIpc) is 2.73. The van der Waals surface area contributed by atoms with Crippen molar-refractivity contribution in [3.63, 3.8) is 0 Å². The lowest BCUT2D eigenvalue weighted by molar-refractivity contribution is -0.0551. The average molecular weight is 417 g/mol. The second-order valence-electron chi connectivity index (χ2n) is 7.13. The fraction of sp³-hybridized carbons (Fsp3) is 0.700. The van der Waals surface area contributed by atoms with Gasteiger partial charge in [-0.15, -0.1) is 0 Å². The summed E-state index contributed by atoms with van der Waals surface area (Å²) in [6.07, 6.45) is -2.11.